The first-order valence-electron chi connectivity index (χ1n) is 4.42. The van der Waals surface area contributed by atoms with Crippen molar-refractivity contribution in [1.29, 1.82) is 0 Å². The Bertz CT molecular complexity index is 391. The Morgan fingerprint density at radius 2 is 1.73 bits per heavy atom. The third-order valence-corrected chi connectivity index (χ3v) is 2.66. The van der Waals surface area contributed by atoms with Gasteiger partial charge < -0.3 is 4.90 Å². The van der Waals surface area contributed by atoms with Gasteiger partial charge in [0.15, 0.2) is 11.6 Å². The SMILES string of the molecule is O=C(CCl)N1Cc2cc(F)c(F)cc2C1. The van der Waals surface area contributed by atoms with Crippen LogP contribution in [-0.2, 0) is 17.9 Å². The molecule has 0 saturated carbocycles. The van der Waals surface area contributed by atoms with Gasteiger partial charge in [0.2, 0.25) is 5.91 Å². The molecule has 2 nitrogen and oxygen atoms in total. The number of rotatable bonds is 1. The molecule has 1 amide bonds. The van der Waals surface area contributed by atoms with Gasteiger partial charge in [-0.1, -0.05) is 0 Å². The van der Waals surface area contributed by atoms with Gasteiger partial charge in [-0.3, -0.25) is 4.79 Å². The van der Waals surface area contributed by atoms with Gasteiger partial charge in [0.05, 0.1) is 0 Å². The molecule has 1 aromatic rings. The van der Waals surface area contributed by atoms with Crippen LogP contribution in [0.1, 0.15) is 11.1 Å². The number of alkyl halides is 1. The van der Waals surface area contributed by atoms with E-state index in [4.69, 9.17) is 11.6 Å². The Balaban J connectivity index is 2.27. The third kappa shape index (κ3) is 1.81. The lowest BCUT2D eigenvalue weighted by Gasteiger charge is -2.12. The minimum atomic E-state index is -0.881. The second-order valence-electron chi connectivity index (χ2n) is 3.42. The van der Waals surface area contributed by atoms with E-state index >= 15 is 0 Å². The van der Waals surface area contributed by atoms with Crippen LogP contribution in [0.4, 0.5) is 8.78 Å². The summed E-state index contributed by atoms with van der Waals surface area (Å²) in [4.78, 5) is 12.7. The van der Waals surface area contributed by atoms with Crippen LogP contribution >= 0.6 is 11.6 Å². The molecule has 80 valence electrons. The highest BCUT2D eigenvalue weighted by Gasteiger charge is 2.24. The van der Waals surface area contributed by atoms with E-state index in [9.17, 15) is 13.6 Å². The first-order valence-corrected chi connectivity index (χ1v) is 4.96. The molecule has 0 saturated heterocycles. The molecule has 0 unspecified atom stereocenters. The standard InChI is InChI=1S/C10H8ClF2NO/c11-3-10(15)14-4-6-1-8(12)9(13)2-7(6)5-14/h1-2H,3-5H2. The lowest BCUT2D eigenvalue weighted by molar-refractivity contribution is -0.129. The molecule has 0 bridgehead atoms. The van der Waals surface area contributed by atoms with Gasteiger partial charge in [0.1, 0.15) is 5.88 Å². The second kappa shape index (κ2) is 3.77. The summed E-state index contributed by atoms with van der Waals surface area (Å²) in [5.41, 5.74) is 1.29. The quantitative estimate of drug-likeness (QED) is 0.678. The number of nitrogens with zero attached hydrogens (tertiary/aromatic N) is 1. The van der Waals surface area contributed by atoms with Crippen molar-refractivity contribution >= 4 is 17.5 Å². The number of hydrogen-bond acceptors (Lipinski definition) is 1. The van der Waals surface area contributed by atoms with Crippen LogP contribution in [0.25, 0.3) is 0 Å². The smallest absolute Gasteiger partial charge is 0.238 e. The van der Waals surface area contributed by atoms with E-state index in [1.165, 1.54) is 4.90 Å². The maximum absolute atomic E-state index is 12.9. The van der Waals surface area contributed by atoms with Gasteiger partial charge in [0.25, 0.3) is 0 Å². The average molecular weight is 232 g/mol. The van der Waals surface area contributed by atoms with Crippen molar-refractivity contribution in [2.24, 2.45) is 0 Å². The van der Waals surface area contributed by atoms with Crippen molar-refractivity contribution in [3.05, 3.63) is 34.9 Å². The van der Waals surface area contributed by atoms with E-state index in [0.29, 0.717) is 24.2 Å². The molecule has 0 N–H and O–H groups in total. The fraction of sp³-hybridized carbons (Fsp3) is 0.300. The summed E-state index contributed by atoms with van der Waals surface area (Å²) in [5.74, 6) is -2.10. The van der Waals surface area contributed by atoms with Crippen LogP contribution in [0, 0.1) is 11.6 Å². The molecule has 0 fully saturated rings. The number of benzene rings is 1. The van der Waals surface area contributed by atoms with Gasteiger partial charge >= 0.3 is 0 Å². The maximum atomic E-state index is 12.9. The van der Waals surface area contributed by atoms with Gasteiger partial charge in [-0.15, -0.1) is 11.6 Å². The van der Waals surface area contributed by atoms with Crippen molar-refractivity contribution in [2.45, 2.75) is 13.1 Å². The number of amides is 1. The summed E-state index contributed by atoms with van der Waals surface area (Å²) in [7, 11) is 0. The molecule has 0 atom stereocenters. The highest BCUT2D eigenvalue weighted by molar-refractivity contribution is 6.27. The largest absolute Gasteiger partial charge is 0.333 e. The fourth-order valence-electron chi connectivity index (χ4n) is 1.65. The molecule has 0 aromatic heterocycles. The fourth-order valence-corrected chi connectivity index (χ4v) is 1.82. The Hall–Kier alpha value is -1.16. The minimum absolute atomic E-state index is 0.112. The first-order chi connectivity index (χ1) is 7.11. The summed E-state index contributed by atoms with van der Waals surface area (Å²) in [6, 6.07) is 2.26. The number of fused-ring (bicyclic) bond motifs is 1. The van der Waals surface area contributed by atoms with E-state index in [0.717, 1.165) is 12.1 Å². The Labute approximate surface area is 90.4 Å². The number of carbonyl (C=O) groups is 1. The highest BCUT2D eigenvalue weighted by atomic mass is 35.5. The molecule has 0 aliphatic carbocycles. The summed E-state index contributed by atoms with van der Waals surface area (Å²) >= 11 is 5.40. The lowest BCUT2D eigenvalue weighted by atomic mass is 10.1. The lowest BCUT2D eigenvalue weighted by Crippen LogP contribution is -2.26. The zero-order valence-corrected chi connectivity index (χ0v) is 8.52. The van der Waals surface area contributed by atoms with Crippen molar-refractivity contribution in [2.75, 3.05) is 5.88 Å². The van der Waals surface area contributed by atoms with Crippen LogP contribution < -0.4 is 0 Å². The predicted molar refractivity (Wildman–Crippen MR) is 51.3 cm³/mol. The monoisotopic (exact) mass is 231 g/mol. The van der Waals surface area contributed by atoms with Crippen LogP contribution in [0.5, 0.6) is 0 Å². The number of carbonyl (C=O) groups excluding carboxylic acids is 1. The molecule has 2 rings (SSSR count). The normalized spacial score (nSPS) is 14.2. The second-order valence-corrected chi connectivity index (χ2v) is 3.69. The van der Waals surface area contributed by atoms with Gasteiger partial charge in [-0.2, -0.15) is 0 Å². The summed E-state index contributed by atoms with van der Waals surface area (Å²) in [6.45, 7) is 0.607. The molecular formula is C10H8ClF2NO. The maximum Gasteiger partial charge on any atom is 0.238 e. The zero-order chi connectivity index (χ0) is 11.0. The van der Waals surface area contributed by atoms with Crippen LogP contribution in [0.3, 0.4) is 0 Å². The topological polar surface area (TPSA) is 20.3 Å². The van der Waals surface area contributed by atoms with Crippen LogP contribution in [0.15, 0.2) is 12.1 Å². The first kappa shape index (κ1) is 10.4. The van der Waals surface area contributed by atoms with Crippen molar-refractivity contribution in [3.8, 4) is 0 Å². The summed E-state index contributed by atoms with van der Waals surface area (Å²) in [5, 5.41) is 0. The highest BCUT2D eigenvalue weighted by Crippen LogP contribution is 2.25. The molecular weight excluding hydrogens is 224 g/mol. The Morgan fingerprint density at radius 3 is 2.13 bits per heavy atom. The third-order valence-electron chi connectivity index (χ3n) is 2.43. The van der Waals surface area contributed by atoms with E-state index in [2.05, 4.69) is 0 Å². The van der Waals surface area contributed by atoms with Gasteiger partial charge in [-0.25, -0.2) is 8.78 Å². The molecule has 1 aliphatic rings. The average Bonchev–Trinajstić information content (AvgIpc) is 2.60. The van der Waals surface area contributed by atoms with Crippen molar-refractivity contribution < 1.29 is 13.6 Å². The van der Waals surface area contributed by atoms with Gasteiger partial charge in [0, 0.05) is 13.1 Å². The summed E-state index contributed by atoms with van der Waals surface area (Å²) in [6.07, 6.45) is 0. The van der Waals surface area contributed by atoms with E-state index in [1.807, 2.05) is 0 Å². The van der Waals surface area contributed by atoms with Crippen molar-refractivity contribution in [1.82, 2.24) is 4.90 Å². The summed E-state index contributed by atoms with van der Waals surface area (Å²) < 4.78 is 25.8. The molecule has 0 radical (unpaired) electrons. The molecule has 1 heterocycles. The Morgan fingerprint density at radius 1 is 1.27 bits per heavy atom. The molecule has 1 aromatic carbocycles. The molecule has 15 heavy (non-hydrogen) atoms. The van der Waals surface area contributed by atoms with E-state index < -0.39 is 11.6 Å². The van der Waals surface area contributed by atoms with E-state index in [1.54, 1.807) is 0 Å². The van der Waals surface area contributed by atoms with Crippen LogP contribution in [-0.4, -0.2) is 16.7 Å². The van der Waals surface area contributed by atoms with E-state index in [-0.39, 0.29) is 11.8 Å². The Kier molecular flexibility index (Phi) is 2.61. The molecule has 5 heteroatoms. The van der Waals surface area contributed by atoms with Crippen molar-refractivity contribution in [3.63, 3.8) is 0 Å². The molecule has 0 spiro atoms. The molecule has 1 aliphatic heterocycles. The van der Waals surface area contributed by atoms with Crippen LogP contribution in [0.2, 0.25) is 0 Å². The predicted octanol–water partition coefficient (Wildman–Crippen LogP) is 2.05. The number of halogens is 3. The minimum Gasteiger partial charge on any atom is -0.333 e. The number of hydrogen-bond donors (Lipinski definition) is 0. The van der Waals surface area contributed by atoms with Gasteiger partial charge in [-0.05, 0) is 23.3 Å². The zero-order valence-electron chi connectivity index (χ0n) is 7.77.